The molecule has 1 saturated carbocycles. The second-order valence-electron chi connectivity index (χ2n) is 9.09. The van der Waals surface area contributed by atoms with Crippen molar-refractivity contribution in [2.75, 3.05) is 12.4 Å². The van der Waals surface area contributed by atoms with Gasteiger partial charge < -0.3 is 20.9 Å². The molecular formula is C22H30N6O2. The number of primary amides is 1. The molecule has 0 aromatic carbocycles. The number of amides is 1. The molecule has 0 bridgehead atoms. The minimum atomic E-state index is -0.500. The van der Waals surface area contributed by atoms with Gasteiger partial charge in [0.15, 0.2) is 0 Å². The van der Waals surface area contributed by atoms with Gasteiger partial charge in [-0.15, -0.1) is 0 Å². The number of carbonyl (C=O) groups is 1. The molecule has 0 aliphatic heterocycles. The van der Waals surface area contributed by atoms with Crippen molar-refractivity contribution < 1.29 is 9.32 Å². The van der Waals surface area contributed by atoms with Crippen molar-refractivity contribution in [3.05, 3.63) is 35.5 Å². The van der Waals surface area contributed by atoms with Gasteiger partial charge in [-0.3, -0.25) is 4.79 Å². The summed E-state index contributed by atoms with van der Waals surface area (Å²) in [5.74, 6) is 0.245. The minimum Gasteiger partial charge on any atom is -0.379 e. The van der Waals surface area contributed by atoms with Crippen molar-refractivity contribution >= 4 is 17.1 Å². The maximum atomic E-state index is 12.2. The normalized spacial score (nSPS) is 23.2. The Labute approximate surface area is 176 Å². The van der Waals surface area contributed by atoms with Crippen molar-refractivity contribution in [2.45, 2.75) is 59.0 Å². The molecule has 3 heterocycles. The van der Waals surface area contributed by atoms with Gasteiger partial charge >= 0.3 is 0 Å². The molecule has 1 amide bonds. The Kier molecular flexibility index (Phi) is 4.65. The van der Waals surface area contributed by atoms with E-state index in [1.165, 1.54) is 6.20 Å². The van der Waals surface area contributed by atoms with Gasteiger partial charge in [-0.2, -0.15) is 5.10 Å². The number of carbonyl (C=O) groups excluding carboxylic acids is 1. The van der Waals surface area contributed by atoms with E-state index in [1.807, 2.05) is 33.2 Å². The fraction of sp³-hybridized carbons (Fsp3) is 0.500. The zero-order valence-corrected chi connectivity index (χ0v) is 18.5. The van der Waals surface area contributed by atoms with Crippen LogP contribution in [0.5, 0.6) is 0 Å². The van der Waals surface area contributed by atoms with Crippen molar-refractivity contribution in [1.82, 2.24) is 20.1 Å². The molecule has 1 fully saturated rings. The lowest BCUT2D eigenvalue weighted by Crippen LogP contribution is -2.53. The molecule has 1 aliphatic rings. The van der Waals surface area contributed by atoms with Crippen LogP contribution in [0.3, 0.4) is 0 Å². The highest BCUT2D eigenvalue weighted by Crippen LogP contribution is 2.47. The van der Waals surface area contributed by atoms with Crippen LogP contribution in [0.25, 0.3) is 16.6 Å². The van der Waals surface area contributed by atoms with Gasteiger partial charge in [0.05, 0.1) is 28.7 Å². The maximum absolute atomic E-state index is 12.2. The molecule has 30 heavy (non-hydrogen) atoms. The van der Waals surface area contributed by atoms with Crippen LogP contribution in [0.1, 0.15) is 55.4 Å². The average molecular weight is 411 g/mol. The standard InChI is InChI=1S/C22H30N6O2/c1-12-18(13(2)30-27-12)14-9-16-19(15(20(23)29)10-25-28(16)11-14)26-17-7-8-22(5,24-6)21(17,3)4/h9-11,17,24,26H,7-8H2,1-6H3,(H2,23,29)/t17-,22?/m1/s1. The van der Waals surface area contributed by atoms with Crippen LogP contribution < -0.4 is 16.4 Å². The summed E-state index contributed by atoms with van der Waals surface area (Å²) in [5.41, 5.74) is 10.3. The number of fused-ring (bicyclic) bond motifs is 1. The van der Waals surface area contributed by atoms with Gasteiger partial charge in [0.1, 0.15) is 5.76 Å². The first kappa shape index (κ1) is 20.4. The maximum Gasteiger partial charge on any atom is 0.252 e. The highest BCUT2D eigenvalue weighted by Gasteiger charge is 2.51. The number of nitrogens with one attached hydrogen (secondary N) is 2. The van der Waals surface area contributed by atoms with Crippen molar-refractivity contribution in [3.8, 4) is 11.1 Å². The minimum absolute atomic E-state index is 0.00922. The number of hydrogen-bond acceptors (Lipinski definition) is 6. The molecule has 8 heteroatoms. The first-order chi connectivity index (χ1) is 14.1. The van der Waals surface area contributed by atoms with E-state index in [0.717, 1.165) is 40.9 Å². The van der Waals surface area contributed by atoms with Crippen LogP contribution >= 0.6 is 0 Å². The predicted octanol–water partition coefficient (Wildman–Crippen LogP) is 3.28. The molecule has 2 atom stereocenters. The zero-order chi connectivity index (χ0) is 21.8. The van der Waals surface area contributed by atoms with Crippen LogP contribution in [0.2, 0.25) is 0 Å². The third kappa shape index (κ3) is 2.89. The smallest absolute Gasteiger partial charge is 0.252 e. The number of rotatable bonds is 5. The Morgan fingerprint density at radius 3 is 2.63 bits per heavy atom. The lowest BCUT2D eigenvalue weighted by molar-refractivity contribution is 0.100. The highest BCUT2D eigenvalue weighted by atomic mass is 16.5. The molecule has 1 unspecified atom stereocenters. The molecule has 160 valence electrons. The number of aromatic nitrogens is 3. The number of nitrogens with two attached hydrogens (primary N) is 1. The Morgan fingerprint density at radius 2 is 2.07 bits per heavy atom. The Morgan fingerprint density at radius 1 is 1.33 bits per heavy atom. The largest absolute Gasteiger partial charge is 0.379 e. The molecule has 0 spiro atoms. The molecule has 0 radical (unpaired) electrons. The van der Waals surface area contributed by atoms with E-state index in [-0.39, 0.29) is 17.0 Å². The quantitative estimate of drug-likeness (QED) is 0.595. The summed E-state index contributed by atoms with van der Waals surface area (Å²) in [5, 5.41) is 15.6. The van der Waals surface area contributed by atoms with Gasteiger partial charge in [-0.05, 0) is 46.7 Å². The fourth-order valence-electron chi connectivity index (χ4n) is 4.80. The summed E-state index contributed by atoms with van der Waals surface area (Å²) in [6.45, 7) is 10.6. The molecule has 8 nitrogen and oxygen atoms in total. The molecular weight excluding hydrogens is 380 g/mol. The van der Waals surface area contributed by atoms with Gasteiger partial charge in [0, 0.05) is 34.3 Å². The summed E-state index contributed by atoms with van der Waals surface area (Å²) < 4.78 is 7.10. The first-order valence-electron chi connectivity index (χ1n) is 10.3. The van der Waals surface area contributed by atoms with E-state index < -0.39 is 5.91 Å². The fourth-order valence-corrected chi connectivity index (χ4v) is 4.80. The third-order valence-electron chi connectivity index (χ3n) is 7.32. The second kappa shape index (κ2) is 6.84. The van der Waals surface area contributed by atoms with Crippen LogP contribution in [-0.4, -0.2) is 39.3 Å². The summed E-state index contributed by atoms with van der Waals surface area (Å²) in [6.07, 6.45) is 5.48. The molecule has 1 aliphatic carbocycles. The lowest BCUT2D eigenvalue weighted by atomic mass is 9.74. The SMILES string of the molecule is CNC1(C)CC[C@@H](Nc2c(C(N)=O)cnn3cc(-c4c(C)noc4C)cc23)C1(C)C. The van der Waals surface area contributed by atoms with Gasteiger partial charge in [0.2, 0.25) is 0 Å². The zero-order valence-electron chi connectivity index (χ0n) is 18.5. The number of hydrogen-bond donors (Lipinski definition) is 3. The van der Waals surface area contributed by atoms with E-state index in [2.05, 4.69) is 41.7 Å². The summed E-state index contributed by atoms with van der Waals surface area (Å²) in [6, 6.07) is 2.17. The summed E-state index contributed by atoms with van der Waals surface area (Å²) in [7, 11) is 2.01. The number of anilines is 1. The van der Waals surface area contributed by atoms with E-state index in [0.29, 0.717) is 11.3 Å². The second-order valence-corrected chi connectivity index (χ2v) is 9.09. The van der Waals surface area contributed by atoms with Crippen LogP contribution in [0.15, 0.2) is 23.0 Å². The molecule has 4 rings (SSSR count). The molecule has 3 aromatic rings. The first-order valence-corrected chi connectivity index (χ1v) is 10.3. The van der Waals surface area contributed by atoms with Crippen molar-refractivity contribution in [2.24, 2.45) is 11.1 Å². The molecule has 3 aromatic heterocycles. The lowest BCUT2D eigenvalue weighted by Gasteiger charge is -2.42. The third-order valence-corrected chi connectivity index (χ3v) is 7.32. The number of nitrogens with zero attached hydrogens (tertiary/aromatic N) is 3. The molecule has 4 N–H and O–H groups in total. The monoisotopic (exact) mass is 410 g/mol. The van der Waals surface area contributed by atoms with Crippen molar-refractivity contribution in [3.63, 3.8) is 0 Å². The van der Waals surface area contributed by atoms with Gasteiger partial charge in [-0.1, -0.05) is 19.0 Å². The van der Waals surface area contributed by atoms with Crippen LogP contribution in [-0.2, 0) is 0 Å². The van der Waals surface area contributed by atoms with Crippen LogP contribution in [0, 0.1) is 19.3 Å². The molecule has 0 saturated heterocycles. The Hall–Kier alpha value is -2.87. The van der Waals surface area contributed by atoms with E-state index in [1.54, 1.807) is 4.52 Å². The Balaban J connectivity index is 1.84. The van der Waals surface area contributed by atoms with E-state index in [9.17, 15) is 4.79 Å². The van der Waals surface area contributed by atoms with Gasteiger partial charge in [0.25, 0.3) is 5.91 Å². The predicted molar refractivity (Wildman–Crippen MR) is 117 cm³/mol. The number of aryl methyl sites for hydroxylation is 2. The van der Waals surface area contributed by atoms with E-state index >= 15 is 0 Å². The Bertz CT molecular complexity index is 1110. The van der Waals surface area contributed by atoms with Gasteiger partial charge in [-0.25, -0.2) is 4.52 Å². The summed E-state index contributed by atoms with van der Waals surface area (Å²) >= 11 is 0. The van der Waals surface area contributed by atoms with E-state index in [4.69, 9.17) is 10.3 Å². The highest BCUT2D eigenvalue weighted by molar-refractivity contribution is 6.02. The summed E-state index contributed by atoms with van der Waals surface area (Å²) in [4.78, 5) is 12.2. The average Bonchev–Trinajstić information content (AvgIpc) is 3.32. The topological polar surface area (TPSA) is 110 Å². The van der Waals surface area contributed by atoms with Crippen LogP contribution in [0.4, 0.5) is 5.69 Å². The van der Waals surface area contributed by atoms with Crippen molar-refractivity contribution in [1.29, 1.82) is 0 Å².